The number of amides is 3. The van der Waals surface area contributed by atoms with E-state index in [-0.39, 0.29) is 30.0 Å². The third kappa shape index (κ3) is 15.8. The molecule has 0 spiro atoms. The van der Waals surface area contributed by atoms with E-state index in [1.54, 1.807) is 4.90 Å². The zero-order valence-electron chi connectivity index (χ0n) is 62.1. The minimum absolute atomic E-state index is 0.0485. The first-order valence-electron chi connectivity index (χ1n) is 38.0. The molecule has 5 aliphatic rings. The number of rotatable bonds is 15. The fourth-order valence-electron chi connectivity index (χ4n) is 15.8. The van der Waals surface area contributed by atoms with E-state index < -0.39 is 17.7 Å². The van der Waals surface area contributed by atoms with Gasteiger partial charge in [0.05, 0.1) is 96.8 Å². The highest BCUT2D eigenvalue weighted by atomic mass is 16.6. The summed E-state index contributed by atoms with van der Waals surface area (Å²) in [5.74, 6) is 4.53. The number of methoxy groups -OCH3 is 1. The highest BCUT2D eigenvalue weighted by molar-refractivity contribution is 6.06. The highest BCUT2D eigenvalue weighted by Crippen LogP contribution is 2.41. The quantitative estimate of drug-likeness (QED) is 0.0463. The summed E-state index contributed by atoms with van der Waals surface area (Å²) in [4.78, 5) is 82.1. The van der Waals surface area contributed by atoms with E-state index >= 15 is 0 Å². The number of nitrogens with zero attached hydrogens (tertiary/aromatic N) is 7. The van der Waals surface area contributed by atoms with Gasteiger partial charge in [-0.2, -0.15) is 0 Å². The number of fused-ring (bicyclic) bond motifs is 2. The molecule has 7 aromatic carbocycles. The minimum atomic E-state index is -0.625. The summed E-state index contributed by atoms with van der Waals surface area (Å²) in [5.41, 5.74) is 16.1. The number of ether oxygens (including phenoxy) is 2. The Balaban J connectivity index is 0.000000131. The lowest BCUT2D eigenvalue weighted by Crippen LogP contribution is -2.51. The molecule has 10 heterocycles. The van der Waals surface area contributed by atoms with Crippen LogP contribution in [-0.2, 0) is 14.3 Å². The Bertz CT molecular complexity index is 5060. The van der Waals surface area contributed by atoms with E-state index in [4.69, 9.17) is 14.7 Å². The van der Waals surface area contributed by atoms with Crippen LogP contribution >= 0.6 is 0 Å². The van der Waals surface area contributed by atoms with Gasteiger partial charge in [0.1, 0.15) is 40.8 Å². The van der Waals surface area contributed by atoms with Crippen LogP contribution in [0.5, 0.6) is 0 Å². The number of hydrogen-bond acceptors (Lipinski definition) is 13. The molecule has 21 heteroatoms. The molecule has 12 aromatic rings. The van der Waals surface area contributed by atoms with E-state index in [1.807, 2.05) is 70.5 Å². The molecule has 550 valence electrons. The number of aromatic amines is 5. The summed E-state index contributed by atoms with van der Waals surface area (Å²) in [6.07, 6.45) is 19.2. The summed E-state index contributed by atoms with van der Waals surface area (Å²) in [5, 5.41) is 18.0. The number of H-pyrrole nitrogens is 5. The van der Waals surface area contributed by atoms with E-state index in [1.165, 1.54) is 70.3 Å². The van der Waals surface area contributed by atoms with Gasteiger partial charge in [-0.1, -0.05) is 165 Å². The monoisotopic (exact) mass is 1430 g/mol. The van der Waals surface area contributed by atoms with Crippen molar-refractivity contribution in [1.29, 1.82) is 0 Å². The maximum atomic E-state index is 13.2. The number of imidazole rings is 5. The number of carbonyl (C=O) groups is 3. The molecule has 0 radical (unpaired) electrons. The molecule has 5 aliphatic heterocycles. The van der Waals surface area contributed by atoms with Crippen LogP contribution in [0.25, 0.3) is 100 Å². The van der Waals surface area contributed by atoms with Crippen LogP contribution in [0.4, 0.5) is 9.59 Å². The van der Waals surface area contributed by atoms with E-state index in [9.17, 15) is 14.4 Å². The molecule has 0 saturated carbocycles. The molecule has 6 atom stereocenters. The molecule has 0 aliphatic carbocycles. The zero-order valence-corrected chi connectivity index (χ0v) is 62.1. The third-order valence-electron chi connectivity index (χ3n) is 21.4. The Morgan fingerprint density at radius 3 is 1.21 bits per heavy atom. The SMILES string of the molecule is CC(C)(C)OC(=O)N1CCC[C@H]1c1ncc(-c2ccc(-c3ccc(-c4cnc([C@@H]5CCCN5)[nH]4)cc3)c3ccccc23)[nH]1.COC(=O)N[C@H](C(=O)N1CCC[C@H]1c1ncc(-c2ccc(C)cc2)[nH]1)C(C)C.c1ccc2c(-c3cnc([C@@H]4CCCN4)[nH]3)ccc(-c3ccc(-c4cnc([C@@H]5CCCN5)[nH]4)cc3)c2c1. The Labute approximate surface area is 624 Å². The molecular weight excluding hydrogens is 1340 g/mol. The van der Waals surface area contributed by atoms with Gasteiger partial charge in [0, 0.05) is 24.2 Å². The van der Waals surface area contributed by atoms with Crippen molar-refractivity contribution in [1.82, 2.24) is 80.9 Å². The van der Waals surface area contributed by atoms with Gasteiger partial charge in [0.15, 0.2) is 0 Å². The summed E-state index contributed by atoms with van der Waals surface area (Å²) < 4.78 is 10.3. The molecule has 9 N–H and O–H groups in total. The molecule has 0 unspecified atom stereocenters. The number of carbonyl (C=O) groups excluding carboxylic acids is 3. The molecule has 5 saturated heterocycles. The van der Waals surface area contributed by atoms with E-state index in [2.05, 4.69) is 218 Å². The number of likely N-dealkylation sites (tertiary alicyclic amines) is 2. The van der Waals surface area contributed by atoms with Crippen LogP contribution in [0.3, 0.4) is 0 Å². The smallest absolute Gasteiger partial charge is 0.410 e. The van der Waals surface area contributed by atoms with Gasteiger partial charge in [-0.25, -0.2) is 34.5 Å². The first kappa shape index (κ1) is 71.6. The number of benzene rings is 7. The van der Waals surface area contributed by atoms with Gasteiger partial charge >= 0.3 is 12.2 Å². The molecular formula is C86H96N16O5. The van der Waals surface area contributed by atoms with Crippen molar-refractivity contribution < 1.29 is 23.9 Å². The fourth-order valence-corrected chi connectivity index (χ4v) is 15.8. The lowest BCUT2D eigenvalue weighted by molar-refractivity contribution is -0.135. The fraction of sp³-hybridized carbons (Fsp3) is 0.349. The van der Waals surface area contributed by atoms with Crippen molar-refractivity contribution in [3.63, 3.8) is 0 Å². The van der Waals surface area contributed by atoms with Crippen LogP contribution in [-0.4, -0.2) is 129 Å². The third-order valence-corrected chi connectivity index (χ3v) is 21.4. The van der Waals surface area contributed by atoms with E-state index in [0.29, 0.717) is 31.2 Å². The molecule has 17 rings (SSSR count). The predicted octanol–water partition coefficient (Wildman–Crippen LogP) is 17.3. The normalized spacial score (nSPS) is 18.9. The van der Waals surface area contributed by atoms with Crippen LogP contribution < -0.4 is 21.3 Å². The lowest BCUT2D eigenvalue weighted by Gasteiger charge is -2.30. The molecule has 3 amide bonds. The zero-order chi connectivity index (χ0) is 73.7. The van der Waals surface area contributed by atoms with Crippen LogP contribution in [0, 0.1) is 12.8 Å². The van der Waals surface area contributed by atoms with Crippen molar-refractivity contribution in [3.8, 4) is 78.5 Å². The second-order valence-corrected chi connectivity index (χ2v) is 30.2. The van der Waals surface area contributed by atoms with Crippen LogP contribution in [0.15, 0.2) is 177 Å². The Kier molecular flexibility index (Phi) is 21.1. The maximum Gasteiger partial charge on any atom is 0.410 e. The van der Waals surface area contributed by atoms with Crippen molar-refractivity contribution in [2.75, 3.05) is 39.8 Å². The number of alkyl carbamates (subject to hydrolysis) is 1. The molecule has 0 bridgehead atoms. The van der Waals surface area contributed by atoms with Crippen molar-refractivity contribution >= 4 is 39.6 Å². The Hall–Kier alpha value is -11.0. The van der Waals surface area contributed by atoms with Gasteiger partial charge in [-0.05, 0) is 178 Å². The number of hydrogen-bond donors (Lipinski definition) is 9. The molecule has 107 heavy (non-hydrogen) atoms. The standard InChI is InChI=1S/C35H38N6O2.C30H30N6.C21H28N4O3/c1-35(2,3)43-34(42)41-19-7-11-31(41)33-38-21-30(40-33)27-17-16-24(25-8-4-5-9-26(25)27)22-12-14-23(15-13-22)29-20-37-32(39-29)28-10-6-18-36-28;1-2-6-23-22(5-1)21(13-14-24(23)28-18-34-30(36-28)26-8-4-16-32-26)19-9-11-20(12-10-19)27-17-33-29(35-27)25-7-3-15-31-25;1-13(2)18(24-21(27)28-4)20(26)25-11-5-6-17(25)19-22-12-16(23-19)15-9-7-14(3)8-10-15/h4-5,8-9,12-17,20-21,28,31,36H,6-7,10-11,18-19H2,1-3H3,(H,37,39)(H,38,40);1-2,5-6,9-14,17-18,25-26,31-32H,3-4,7-8,15-16H2,(H,33,35)(H,34,36);7-10,12-13,17-18H,5-6,11H2,1-4H3,(H,22,23)(H,24,27)/t28-,31-;25-,26-;17-,18-/m000/s1. The van der Waals surface area contributed by atoms with Crippen LogP contribution in [0.1, 0.15) is 164 Å². The van der Waals surface area contributed by atoms with Crippen molar-refractivity contribution in [2.45, 2.75) is 148 Å². The number of aromatic nitrogens is 10. The molecule has 21 nitrogen and oxygen atoms in total. The highest BCUT2D eigenvalue weighted by Gasteiger charge is 2.39. The van der Waals surface area contributed by atoms with Gasteiger partial charge < -0.3 is 60.6 Å². The number of nitrogens with one attached hydrogen (secondary N) is 9. The summed E-state index contributed by atoms with van der Waals surface area (Å²) >= 11 is 0. The summed E-state index contributed by atoms with van der Waals surface area (Å²) in [6, 6.07) is 51.9. The largest absolute Gasteiger partial charge is 0.453 e. The second kappa shape index (κ2) is 31.6. The first-order valence-corrected chi connectivity index (χ1v) is 38.0. The minimum Gasteiger partial charge on any atom is -0.453 e. The van der Waals surface area contributed by atoms with Gasteiger partial charge in [0.25, 0.3) is 0 Å². The number of aryl methyl sites for hydroxylation is 1. The average molecular weight is 1430 g/mol. The topological polar surface area (TPSA) is 268 Å². The van der Waals surface area contributed by atoms with Gasteiger partial charge in [0.2, 0.25) is 5.91 Å². The summed E-state index contributed by atoms with van der Waals surface area (Å²) in [7, 11) is 1.30. The maximum absolute atomic E-state index is 13.2. The Morgan fingerprint density at radius 1 is 0.439 bits per heavy atom. The predicted molar refractivity (Wildman–Crippen MR) is 421 cm³/mol. The van der Waals surface area contributed by atoms with Crippen molar-refractivity contribution in [3.05, 3.63) is 211 Å². The van der Waals surface area contributed by atoms with Crippen molar-refractivity contribution in [2.24, 2.45) is 5.92 Å². The lowest BCUT2D eigenvalue weighted by atomic mass is 9.93. The molecule has 5 aromatic heterocycles. The van der Waals surface area contributed by atoms with E-state index in [0.717, 1.165) is 155 Å². The molecule has 5 fully saturated rings. The average Bonchev–Trinajstić information content (AvgIpc) is 1.74. The Morgan fingerprint density at radius 2 is 0.794 bits per heavy atom. The van der Waals surface area contributed by atoms with Crippen LogP contribution in [0.2, 0.25) is 0 Å². The second-order valence-electron chi connectivity index (χ2n) is 30.2. The van der Waals surface area contributed by atoms with Gasteiger partial charge in [-0.15, -0.1) is 0 Å². The van der Waals surface area contributed by atoms with Gasteiger partial charge in [-0.3, -0.25) is 9.69 Å². The summed E-state index contributed by atoms with van der Waals surface area (Å²) in [6.45, 7) is 16.1. The first-order chi connectivity index (χ1) is 52.1.